The number of phenolic OH excluding ortho intramolecular Hbond substituents is 1. The maximum atomic E-state index is 9.53. The van der Waals surface area contributed by atoms with E-state index in [0.29, 0.717) is 11.8 Å². The second kappa shape index (κ2) is 6.24. The van der Waals surface area contributed by atoms with E-state index in [1.165, 1.54) is 0 Å². The van der Waals surface area contributed by atoms with Crippen LogP contribution in [0, 0.1) is 0 Å². The topological polar surface area (TPSA) is 59.3 Å². The number of nitrogens with one attached hydrogen (secondary N) is 1. The van der Waals surface area contributed by atoms with Crippen LogP contribution < -0.4 is 10.1 Å². The van der Waals surface area contributed by atoms with Gasteiger partial charge in [-0.1, -0.05) is 6.07 Å². The van der Waals surface area contributed by atoms with Crippen LogP contribution in [0.4, 0.5) is 0 Å². The number of rotatable bonds is 6. The van der Waals surface area contributed by atoms with E-state index < -0.39 is 0 Å². The van der Waals surface area contributed by atoms with Crippen LogP contribution in [0.5, 0.6) is 11.5 Å². The van der Waals surface area contributed by atoms with Crippen LogP contribution in [0.15, 0.2) is 36.7 Å². The largest absolute Gasteiger partial charge is 0.504 e. The second-order valence-corrected chi connectivity index (χ2v) is 4.52. The summed E-state index contributed by atoms with van der Waals surface area (Å²) in [4.78, 5) is 0. The molecular formula is C14H19N3O2. The predicted molar refractivity (Wildman–Crippen MR) is 73.2 cm³/mol. The van der Waals surface area contributed by atoms with Crippen molar-refractivity contribution in [1.82, 2.24) is 15.1 Å². The maximum absolute atomic E-state index is 9.53. The van der Waals surface area contributed by atoms with Crippen LogP contribution in [0.25, 0.3) is 0 Å². The highest BCUT2D eigenvalue weighted by Gasteiger charge is 2.05. The van der Waals surface area contributed by atoms with E-state index in [0.717, 1.165) is 18.7 Å². The minimum Gasteiger partial charge on any atom is -0.504 e. The molecule has 5 heteroatoms. The average Bonchev–Trinajstić information content (AvgIpc) is 2.90. The van der Waals surface area contributed by atoms with Crippen molar-refractivity contribution in [2.75, 3.05) is 7.11 Å². The first-order chi connectivity index (χ1) is 9.19. The Kier molecular flexibility index (Phi) is 4.41. The van der Waals surface area contributed by atoms with E-state index in [1.54, 1.807) is 19.4 Å². The molecule has 0 bridgehead atoms. The molecule has 1 atom stereocenters. The van der Waals surface area contributed by atoms with Crippen LogP contribution >= 0.6 is 0 Å². The SMILES string of the molecule is COc1cc(CNC(C)Cn2cccn2)ccc1O. The first-order valence-corrected chi connectivity index (χ1v) is 6.25. The summed E-state index contributed by atoms with van der Waals surface area (Å²) in [6.45, 7) is 3.65. The quantitative estimate of drug-likeness (QED) is 0.832. The Morgan fingerprint density at radius 3 is 3.00 bits per heavy atom. The van der Waals surface area contributed by atoms with Gasteiger partial charge in [-0.25, -0.2) is 0 Å². The molecule has 2 rings (SSSR count). The van der Waals surface area contributed by atoms with Crippen LogP contribution in [0.2, 0.25) is 0 Å². The lowest BCUT2D eigenvalue weighted by atomic mass is 10.2. The van der Waals surface area contributed by atoms with Gasteiger partial charge in [0.1, 0.15) is 0 Å². The van der Waals surface area contributed by atoms with E-state index in [-0.39, 0.29) is 5.75 Å². The van der Waals surface area contributed by atoms with Crippen molar-refractivity contribution in [3.63, 3.8) is 0 Å². The predicted octanol–water partition coefficient (Wildman–Crippen LogP) is 1.78. The van der Waals surface area contributed by atoms with Gasteiger partial charge in [0.15, 0.2) is 11.5 Å². The van der Waals surface area contributed by atoms with E-state index in [4.69, 9.17) is 4.74 Å². The number of hydrogen-bond acceptors (Lipinski definition) is 4. The summed E-state index contributed by atoms with van der Waals surface area (Å²) in [5.74, 6) is 0.662. The molecule has 5 nitrogen and oxygen atoms in total. The van der Waals surface area contributed by atoms with Gasteiger partial charge in [0.2, 0.25) is 0 Å². The zero-order valence-corrected chi connectivity index (χ0v) is 11.2. The number of ether oxygens (including phenoxy) is 1. The molecule has 102 valence electrons. The lowest BCUT2D eigenvalue weighted by Crippen LogP contribution is -2.30. The van der Waals surface area contributed by atoms with Crippen LogP contribution in [-0.4, -0.2) is 28.0 Å². The fourth-order valence-corrected chi connectivity index (χ4v) is 1.88. The number of nitrogens with zero attached hydrogens (tertiary/aromatic N) is 2. The highest BCUT2D eigenvalue weighted by Crippen LogP contribution is 2.26. The molecule has 1 heterocycles. The first kappa shape index (κ1) is 13.4. The number of phenols is 1. The molecule has 0 saturated carbocycles. The van der Waals surface area contributed by atoms with Gasteiger partial charge in [-0.3, -0.25) is 4.68 Å². The Balaban J connectivity index is 1.88. The van der Waals surface area contributed by atoms with Crippen molar-refractivity contribution >= 4 is 0 Å². The minimum absolute atomic E-state index is 0.163. The molecule has 0 spiro atoms. The molecule has 0 fully saturated rings. The van der Waals surface area contributed by atoms with Crippen LogP contribution in [0.3, 0.4) is 0 Å². The van der Waals surface area contributed by atoms with Crippen molar-refractivity contribution in [1.29, 1.82) is 0 Å². The fraction of sp³-hybridized carbons (Fsp3) is 0.357. The normalized spacial score (nSPS) is 12.3. The lowest BCUT2D eigenvalue weighted by Gasteiger charge is -2.14. The molecule has 2 aromatic rings. The molecule has 0 saturated heterocycles. The van der Waals surface area contributed by atoms with Gasteiger partial charge >= 0.3 is 0 Å². The third-order valence-corrected chi connectivity index (χ3v) is 2.92. The minimum atomic E-state index is 0.163. The Labute approximate surface area is 112 Å². The summed E-state index contributed by atoms with van der Waals surface area (Å²) in [6, 6.07) is 7.58. The Bertz CT molecular complexity index is 511. The molecular weight excluding hydrogens is 242 g/mol. The van der Waals surface area contributed by atoms with Gasteiger partial charge in [0.05, 0.1) is 13.7 Å². The molecule has 2 N–H and O–H groups in total. The molecule has 1 aromatic heterocycles. The molecule has 1 aromatic carbocycles. The molecule has 0 aliphatic heterocycles. The number of aromatic nitrogens is 2. The van der Waals surface area contributed by atoms with Crippen molar-refractivity contribution < 1.29 is 9.84 Å². The van der Waals surface area contributed by atoms with Crippen molar-refractivity contribution in [3.05, 3.63) is 42.2 Å². The summed E-state index contributed by atoms with van der Waals surface area (Å²) < 4.78 is 6.98. The molecule has 1 unspecified atom stereocenters. The van der Waals surface area contributed by atoms with Crippen molar-refractivity contribution in [2.45, 2.75) is 26.1 Å². The van der Waals surface area contributed by atoms with Crippen molar-refractivity contribution in [2.24, 2.45) is 0 Å². The summed E-state index contributed by atoms with van der Waals surface area (Å²) in [7, 11) is 1.55. The monoisotopic (exact) mass is 261 g/mol. The van der Waals surface area contributed by atoms with Gasteiger partial charge < -0.3 is 15.2 Å². The maximum Gasteiger partial charge on any atom is 0.160 e. The third-order valence-electron chi connectivity index (χ3n) is 2.92. The molecule has 19 heavy (non-hydrogen) atoms. The Morgan fingerprint density at radius 2 is 2.32 bits per heavy atom. The van der Waals surface area contributed by atoms with E-state index in [2.05, 4.69) is 17.3 Å². The standard InChI is InChI=1S/C14H19N3O2/c1-11(10-17-7-3-6-16-17)15-9-12-4-5-13(18)14(8-12)19-2/h3-8,11,15,18H,9-10H2,1-2H3. The molecule has 0 aliphatic rings. The van der Waals surface area contributed by atoms with Gasteiger partial charge in [-0.15, -0.1) is 0 Å². The lowest BCUT2D eigenvalue weighted by molar-refractivity contribution is 0.372. The highest BCUT2D eigenvalue weighted by molar-refractivity contribution is 5.41. The average molecular weight is 261 g/mol. The van der Waals surface area contributed by atoms with Crippen molar-refractivity contribution in [3.8, 4) is 11.5 Å². The van der Waals surface area contributed by atoms with Gasteiger partial charge in [-0.05, 0) is 30.7 Å². The van der Waals surface area contributed by atoms with Gasteiger partial charge in [0.25, 0.3) is 0 Å². The summed E-state index contributed by atoms with van der Waals surface area (Å²) >= 11 is 0. The zero-order valence-electron chi connectivity index (χ0n) is 11.2. The third kappa shape index (κ3) is 3.72. The number of benzene rings is 1. The zero-order chi connectivity index (χ0) is 13.7. The molecule has 0 aliphatic carbocycles. The van der Waals surface area contributed by atoms with Gasteiger partial charge in [-0.2, -0.15) is 5.10 Å². The molecule has 0 amide bonds. The summed E-state index contributed by atoms with van der Waals surface area (Å²) in [6.07, 6.45) is 3.72. The summed E-state index contributed by atoms with van der Waals surface area (Å²) in [5, 5.41) is 17.1. The Morgan fingerprint density at radius 1 is 1.47 bits per heavy atom. The number of hydrogen-bond donors (Lipinski definition) is 2. The van der Waals surface area contributed by atoms with Gasteiger partial charge in [0, 0.05) is 25.0 Å². The Hall–Kier alpha value is -2.01. The van der Waals surface area contributed by atoms with E-state index >= 15 is 0 Å². The number of aromatic hydroxyl groups is 1. The summed E-state index contributed by atoms with van der Waals surface area (Å²) in [5.41, 5.74) is 1.07. The first-order valence-electron chi connectivity index (χ1n) is 6.25. The highest BCUT2D eigenvalue weighted by atomic mass is 16.5. The second-order valence-electron chi connectivity index (χ2n) is 4.52. The molecule has 0 radical (unpaired) electrons. The van der Waals surface area contributed by atoms with E-state index in [9.17, 15) is 5.11 Å². The van der Waals surface area contributed by atoms with Crippen LogP contribution in [0.1, 0.15) is 12.5 Å². The number of methoxy groups -OCH3 is 1. The smallest absolute Gasteiger partial charge is 0.160 e. The van der Waals surface area contributed by atoms with Crippen LogP contribution in [-0.2, 0) is 13.1 Å². The van der Waals surface area contributed by atoms with E-state index in [1.807, 2.05) is 29.1 Å². The fourth-order valence-electron chi connectivity index (χ4n) is 1.88.